The van der Waals surface area contributed by atoms with Gasteiger partial charge in [-0.1, -0.05) is 12.1 Å². The second-order valence-electron chi connectivity index (χ2n) is 14.7. The second kappa shape index (κ2) is 17.5. The highest BCUT2D eigenvalue weighted by atomic mass is 16.6. The van der Waals surface area contributed by atoms with Crippen LogP contribution in [0.4, 0.5) is 21.0 Å². The van der Waals surface area contributed by atoms with Crippen molar-refractivity contribution in [1.29, 1.82) is 5.26 Å². The van der Waals surface area contributed by atoms with Gasteiger partial charge in [0.1, 0.15) is 11.2 Å². The lowest BCUT2D eigenvalue weighted by Gasteiger charge is -2.35. The van der Waals surface area contributed by atoms with Crippen molar-refractivity contribution >= 4 is 47.3 Å². The molecule has 1 N–H and O–H groups in total. The van der Waals surface area contributed by atoms with Gasteiger partial charge >= 0.3 is 18.2 Å². The number of ether oxygens (including phenoxy) is 5. The third kappa shape index (κ3) is 11.5. The summed E-state index contributed by atoms with van der Waals surface area (Å²) in [6, 6.07) is 13.1. The van der Waals surface area contributed by atoms with E-state index in [1.165, 1.54) is 23.1 Å². The Bertz CT molecular complexity index is 1760. The minimum atomic E-state index is -1.73. The van der Waals surface area contributed by atoms with Crippen LogP contribution in [0.15, 0.2) is 42.5 Å². The first-order valence-corrected chi connectivity index (χ1v) is 17.5. The number of hydrogen-bond acceptors (Lipinski definition) is 12. The molecule has 290 valence electrons. The first-order chi connectivity index (χ1) is 25.3. The topological polar surface area (TPSA) is 194 Å². The smallest absolute Gasteiger partial charge is 0.420 e. The summed E-state index contributed by atoms with van der Waals surface area (Å²) in [6.45, 7) is 12.5. The van der Waals surface area contributed by atoms with Gasteiger partial charge in [-0.05, 0) is 83.0 Å². The van der Waals surface area contributed by atoms with Gasteiger partial charge in [-0.25, -0.2) is 14.5 Å². The molecule has 0 spiro atoms. The van der Waals surface area contributed by atoms with E-state index in [1.807, 2.05) is 6.07 Å². The molecule has 4 rings (SSSR count). The van der Waals surface area contributed by atoms with Gasteiger partial charge in [-0.2, -0.15) is 5.26 Å². The van der Waals surface area contributed by atoms with Gasteiger partial charge in [0.05, 0.1) is 44.4 Å². The largest absolute Gasteiger partial charge is 0.449 e. The minimum absolute atomic E-state index is 0.00453. The summed E-state index contributed by atoms with van der Waals surface area (Å²) in [7, 11) is 0. The van der Waals surface area contributed by atoms with Crippen molar-refractivity contribution in [2.45, 2.75) is 84.8 Å². The Morgan fingerprint density at radius 1 is 0.944 bits per heavy atom. The van der Waals surface area contributed by atoms with Gasteiger partial charge in [-0.15, -0.1) is 0 Å². The number of morpholine rings is 2. The minimum Gasteiger partial charge on any atom is -0.449 e. The Kier molecular flexibility index (Phi) is 13.4. The van der Waals surface area contributed by atoms with E-state index >= 15 is 0 Å². The zero-order valence-corrected chi connectivity index (χ0v) is 31.6. The van der Waals surface area contributed by atoms with E-state index in [0.29, 0.717) is 42.5 Å². The molecule has 16 heteroatoms. The fourth-order valence-electron chi connectivity index (χ4n) is 5.58. The molecule has 2 fully saturated rings. The Morgan fingerprint density at radius 3 is 2.19 bits per heavy atom. The molecular formula is C38H47N5O11. The molecule has 2 aliphatic rings. The van der Waals surface area contributed by atoms with Crippen molar-refractivity contribution in [3.8, 4) is 6.07 Å². The number of hydrogen-bond donors (Lipinski definition) is 1. The Hall–Kier alpha value is -5.53. The molecular weight excluding hydrogens is 702 g/mol. The average molecular weight is 750 g/mol. The number of rotatable bonds is 9. The van der Waals surface area contributed by atoms with Crippen LogP contribution in [0.5, 0.6) is 0 Å². The number of nitriles is 1. The quantitative estimate of drug-likeness (QED) is 0.287. The van der Waals surface area contributed by atoms with Crippen molar-refractivity contribution in [2.24, 2.45) is 0 Å². The first-order valence-electron chi connectivity index (χ1n) is 17.5. The number of esters is 1. The molecule has 0 aliphatic carbocycles. The van der Waals surface area contributed by atoms with E-state index in [2.05, 4.69) is 5.32 Å². The van der Waals surface area contributed by atoms with Crippen LogP contribution in [0.3, 0.4) is 0 Å². The molecule has 5 amide bonds. The summed E-state index contributed by atoms with van der Waals surface area (Å²) in [5, 5.41) is 12.5. The number of anilines is 2. The van der Waals surface area contributed by atoms with Crippen LogP contribution in [0, 0.1) is 11.3 Å². The van der Waals surface area contributed by atoms with E-state index in [0.717, 1.165) is 6.92 Å². The lowest BCUT2D eigenvalue weighted by atomic mass is 10.1. The van der Waals surface area contributed by atoms with Crippen molar-refractivity contribution in [3.05, 3.63) is 59.2 Å². The second-order valence-corrected chi connectivity index (χ2v) is 14.7. The molecule has 2 heterocycles. The molecule has 0 saturated carbocycles. The summed E-state index contributed by atoms with van der Waals surface area (Å²) in [5.41, 5.74) is -0.443. The van der Waals surface area contributed by atoms with Gasteiger partial charge in [0.15, 0.2) is 6.10 Å². The van der Waals surface area contributed by atoms with E-state index in [4.69, 9.17) is 23.7 Å². The lowest BCUT2D eigenvalue weighted by Crippen LogP contribution is -2.56. The van der Waals surface area contributed by atoms with E-state index in [9.17, 15) is 34.0 Å². The molecule has 0 bridgehead atoms. The predicted octanol–water partition coefficient (Wildman–Crippen LogP) is 3.93. The number of nitrogens with one attached hydrogen (secondary N) is 1. The Labute approximate surface area is 314 Å². The highest BCUT2D eigenvalue weighted by Gasteiger charge is 2.43. The van der Waals surface area contributed by atoms with Gasteiger partial charge in [-0.3, -0.25) is 19.2 Å². The number of amides is 5. The summed E-state index contributed by atoms with van der Waals surface area (Å²) in [4.78, 5) is 82.9. The van der Waals surface area contributed by atoms with Crippen LogP contribution in [0.2, 0.25) is 0 Å². The van der Waals surface area contributed by atoms with Crippen LogP contribution in [0.25, 0.3) is 0 Å². The maximum absolute atomic E-state index is 13.9. The maximum atomic E-state index is 13.9. The zero-order chi connectivity index (χ0) is 39.8. The number of carbonyl (C=O) groups excluding carboxylic acids is 6. The third-order valence-electron chi connectivity index (χ3n) is 7.94. The summed E-state index contributed by atoms with van der Waals surface area (Å²) >= 11 is 0. The molecule has 2 aromatic carbocycles. The van der Waals surface area contributed by atoms with Gasteiger partial charge in [0, 0.05) is 37.9 Å². The van der Waals surface area contributed by atoms with Crippen molar-refractivity contribution in [1.82, 2.24) is 9.80 Å². The standard InChI is InChI=1S/C38H47N5O11/c1-24(44)52-31(32-34(47)42(15-18-51-32)29-10-8-9-25(19-29)20-30(45)41-13-16-50-17-14-41)33(46)40-28-12-11-26(22-39)27(21-28)23-43(35(48)53-37(2,3)4)36(49)54-38(5,6)7/h8-12,19,21,31-32H,13-18,20,23H2,1-7H3,(H,40,46)/t31-,32-/m1/s1. The predicted molar refractivity (Wildman–Crippen MR) is 193 cm³/mol. The van der Waals surface area contributed by atoms with Crippen molar-refractivity contribution < 1.29 is 52.5 Å². The molecule has 2 saturated heterocycles. The number of imide groups is 1. The molecule has 0 radical (unpaired) electrons. The van der Waals surface area contributed by atoms with E-state index < -0.39 is 59.9 Å². The monoisotopic (exact) mass is 749 g/mol. The molecule has 0 aromatic heterocycles. The molecule has 2 atom stereocenters. The van der Waals surface area contributed by atoms with Crippen LogP contribution in [-0.4, -0.2) is 109 Å². The van der Waals surface area contributed by atoms with Crippen LogP contribution in [0.1, 0.15) is 65.2 Å². The SMILES string of the molecule is CC(=O)O[C@@H](C(=O)Nc1ccc(C#N)c(CN(C(=O)OC(C)(C)C)C(=O)OC(C)(C)C)c1)[C@H]1OCCN(c2cccc(CC(=O)N3CCOCC3)c2)C1=O. The Balaban J connectivity index is 1.56. The van der Waals surface area contributed by atoms with Crippen LogP contribution >= 0.6 is 0 Å². The average Bonchev–Trinajstić information content (AvgIpc) is 3.08. The molecule has 16 nitrogen and oxygen atoms in total. The highest BCUT2D eigenvalue weighted by molar-refractivity contribution is 6.04. The summed E-state index contributed by atoms with van der Waals surface area (Å²) < 4.78 is 27.3. The summed E-state index contributed by atoms with van der Waals surface area (Å²) in [6.07, 6.45) is -5.18. The zero-order valence-electron chi connectivity index (χ0n) is 31.6. The maximum Gasteiger partial charge on any atom is 0.420 e. The first kappa shape index (κ1) is 41.2. The molecule has 2 aromatic rings. The molecule has 54 heavy (non-hydrogen) atoms. The highest BCUT2D eigenvalue weighted by Crippen LogP contribution is 2.26. The van der Waals surface area contributed by atoms with Crippen LogP contribution < -0.4 is 10.2 Å². The van der Waals surface area contributed by atoms with Crippen LogP contribution in [-0.2, 0) is 55.8 Å². The fourth-order valence-corrected chi connectivity index (χ4v) is 5.58. The van der Waals surface area contributed by atoms with Crippen molar-refractivity contribution in [3.63, 3.8) is 0 Å². The molecule has 0 unspecified atom stereocenters. The fraction of sp³-hybridized carbons (Fsp3) is 0.500. The lowest BCUT2D eigenvalue weighted by molar-refractivity contribution is -0.167. The number of benzene rings is 2. The normalized spacial score (nSPS) is 16.8. The number of nitrogens with zero attached hydrogens (tertiary/aromatic N) is 4. The summed E-state index contributed by atoms with van der Waals surface area (Å²) in [5.74, 6) is -2.48. The van der Waals surface area contributed by atoms with E-state index in [-0.39, 0.29) is 42.3 Å². The van der Waals surface area contributed by atoms with Gasteiger partial charge < -0.3 is 38.8 Å². The van der Waals surface area contributed by atoms with Crippen molar-refractivity contribution in [2.75, 3.05) is 49.7 Å². The third-order valence-corrected chi connectivity index (χ3v) is 7.94. The van der Waals surface area contributed by atoms with Gasteiger partial charge in [0.25, 0.3) is 11.8 Å². The molecule has 2 aliphatic heterocycles. The Morgan fingerprint density at radius 2 is 1.59 bits per heavy atom. The van der Waals surface area contributed by atoms with Gasteiger partial charge in [0.2, 0.25) is 12.0 Å². The van der Waals surface area contributed by atoms with E-state index in [1.54, 1.807) is 70.7 Å². The number of carbonyl (C=O) groups is 6.